The van der Waals surface area contributed by atoms with E-state index in [0.29, 0.717) is 34.9 Å². The van der Waals surface area contributed by atoms with Crippen LogP contribution in [0.4, 0.5) is 5.69 Å². The standard InChI is InChI=1S/C23H28N4O3/c1-15(2)24-17-9-10-26(13-17)18-6-8-22-25-19(12-23(28)27(22)14-18)16-5-7-20(29-3)21(11-16)30-4/h5-8,11-12,14-15,17,24H,9-10,13H2,1-4H3/t17-/m0/s1. The van der Waals surface area contributed by atoms with Crippen molar-refractivity contribution in [2.45, 2.75) is 32.4 Å². The van der Waals surface area contributed by atoms with Crippen LogP contribution in [0.15, 0.2) is 47.4 Å². The number of aromatic nitrogens is 2. The van der Waals surface area contributed by atoms with E-state index in [0.717, 1.165) is 30.8 Å². The van der Waals surface area contributed by atoms with Crippen LogP contribution < -0.4 is 25.2 Å². The van der Waals surface area contributed by atoms with Crippen molar-refractivity contribution in [1.29, 1.82) is 0 Å². The number of nitrogens with zero attached hydrogens (tertiary/aromatic N) is 3. The number of ether oxygens (including phenoxy) is 2. The van der Waals surface area contributed by atoms with Crippen LogP contribution in [-0.2, 0) is 0 Å². The van der Waals surface area contributed by atoms with Gasteiger partial charge in [-0.3, -0.25) is 9.20 Å². The Kier molecular flexibility index (Phi) is 5.63. The fourth-order valence-corrected chi connectivity index (χ4v) is 4.02. The van der Waals surface area contributed by atoms with Crippen molar-refractivity contribution < 1.29 is 9.47 Å². The first-order chi connectivity index (χ1) is 14.5. The van der Waals surface area contributed by atoms with E-state index in [1.54, 1.807) is 24.7 Å². The molecule has 7 heteroatoms. The van der Waals surface area contributed by atoms with Gasteiger partial charge in [0.15, 0.2) is 11.5 Å². The fourth-order valence-electron chi connectivity index (χ4n) is 4.02. The smallest absolute Gasteiger partial charge is 0.258 e. The lowest BCUT2D eigenvalue weighted by Gasteiger charge is -2.20. The Morgan fingerprint density at radius 3 is 2.63 bits per heavy atom. The molecule has 30 heavy (non-hydrogen) atoms. The highest BCUT2D eigenvalue weighted by atomic mass is 16.5. The predicted octanol–water partition coefficient (Wildman–Crippen LogP) is 2.96. The molecule has 1 saturated heterocycles. The maximum Gasteiger partial charge on any atom is 0.258 e. The molecular weight excluding hydrogens is 380 g/mol. The number of methoxy groups -OCH3 is 2. The summed E-state index contributed by atoms with van der Waals surface area (Å²) in [6.45, 7) is 6.25. The van der Waals surface area contributed by atoms with Gasteiger partial charge >= 0.3 is 0 Å². The summed E-state index contributed by atoms with van der Waals surface area (Å²) in [6, 6.07) is 12.0. The monoisotopic (exact) mass is 408 g/mol. The van der Waals surface area contributed by atoms with Crippen molar-refractivity contribution in [3.8, 4) is 22.8 Å². The lowest BCUT2D eigenvalue weighted by atomic mass is 10.1. The van der Waals surface area contributed by atoms with Gasteiger partial charge in [-0.15, -0.1) is 0 Å². The number of fused-ring (bicyclic) bond motifs is 1. The third-order valence-electron chi connectivity index (χ3n) is 5.45. The molecule has 0 radical (unpaired) electrons. The first-order valence-electron chi connectivity index (χ1n) is 10.3. The van der Waals surface area contributed by atoms with E-state index in [4.69, 9.17) is 14.5 Å². The molecule has 3 aromatic rings. The number of hydrogen-bond acceptors (Lipinski definition) is 6. The quantitative estimate of drug-likeness (QED) is 0.676. The minimum absolute atomic E-state index is 0.109. The number of nitrogens with one attached hydrogen (secondary N) is 1. The minimum Gasteiger partial charge on any atom is -0.493 e. The molecule has 1 aromatic carbocycles. The molecule has 1 atom stereocenters. The first kappa shape index (κ1) is 20.2. The van der Waals surface area contributed by atoms with E-state index in [2.05, 4.69) is 24.1 Å². The van der Waals surface area contributed by atoms with Crippen LogP contribution in [0.1, 0.15) is 20.3 Å². The topological polar surface area (TPSA) is 68.1 Å². The summed E-state index contributed by atoms with van der Waals surface area (Å²) in [5, 5.41) is 3.59. The summed E-state index contributed by atoms with van der Waals surface area (Å²) in [4.78, 5) is 19.9. The second-order valence-corrected chi connectivity index (χ2v) is 7.92. The van der Waals surface area contributed by atoms with E-state index in [1.807, 2.05) is 36.5 Å². The lowest BCUT2D eigenvalue weighted by Crippen LogP contribution is -2.37. The summed E-state index contributed by atoms with van der Waals surface area (Å²) in [6.07, 6.45) is 2.99. The van der Waals surface area contributed by atoms with E-state index >= 15 is 0 Å². The molecule has 1 aliphatic heterocycles. The van der Waals surface area contributed by atoms with Gasteiger partial charge in [-0.25, -0.2) is 4.98 Å². The summed E-state index contributed by atoms with van der Waals surface area (Å²) in [7, 11) is 3.18. The van der Waals surface area contributed by atoms with Crippen molar-refractivity contribution >= 4 is 11.3 Å². The highest BCUT2D eigenvalue weighted by Crippen LogP contribution is 2.31. The SMILES string of the molecule is COc1ccc(-c2cc(=O)n3cc(N4CC[C@H](NC(C)C)C4)ccc3n2)cc1OC. The third-order valence-corrected chi connectivity index (χ3v) is 5.45. The van der Waals surface area contributed by atoms with Crippen molar-refractivity contribution in [3.05, 3.63) is 52.9 Å². The molecule has 4 rings (SSSR count). The maximum atomic E-state index is 12.9. The molecule has 158 valence electrons. The number of rotatable bonds is 6. The van der Waals surface area contributed by atoms with E-state index in [1.165, 1.54) is 0 Å². The van der Waals surface area contributed by atoms with Crippen LogP contribution >= 0.6 is 0 Å². The van der Waals surface area contributed by atoms with Crippen molar-refractivity contribution in [3.63, 3.8) is 0 Å². The van der Waals surface area contributed by atoms with E-state index in [-0.39, 0.29) is 5.56 Å². The number of benzene rings is 1. The second kappa shape index (κ2) is 8.36. The van der Waals surface area contributed by atoms with Crippen molar-refractivity contribution in [2.75, 3.05) is 32.2 Å². The summed E-state index contributed by atoms with van der Waals surface area (Å²) >= 11 is 0. The number of pyridine rings is 1. The first-order valence-corrected chi connectivity index (χ1v) is 10.3. The highest BCUT2D eigenvalue weighted by molar-refractivity contribution is 5.66. The summed E-state index contributed by atoms with van der Waals surface area (Å²) < 4.78 is 12.3. The van der Waals surface area contributed by atoms with Gasteiger partial charge in [0.1, 0.15) is 5.65 Å². The van der Waals surface area contributed by atoms with E-state index in [9.17, 15) is 4.79 Å². The van der Waals surface area contributed by atoms with Gasteiger partial charge < -0.3 is 19.7 Å². The van der Waals surface area contributed by atoms with Crippen molar-refractivity contribution in [2.24, 2.45) is 0 Å². The number of anilines is 1. The molecule has 0 amide bonds. The highest BCUT2D eigenvalue weighted by Gasteiger charge is 2.23. The summed E-state index contributed by atoms with van der Waals surface area (Å²) in [5.41, 5.74) is 2.96. The van der Waals surface area contributed by atoms with Gasteiger partial charge in [0.05, 0.1) is 25.6 Å². The van der Waals surface area contributed by atoms with Crippen LogP contribution in [0.3, 0.4) is 0 Å². The fraction of sp³-hybridized carbons (Fsp3) is 0.391. The second-order valence-electron chi connectivity index (χ2n) is 7.92. The Bertz CT molecular complexity index is 1110. The van der Waals surface area contributed by atoms with Gasteiger partial charge in [-0.2, -0.15) is 0 Å². The lowest BCUT2D eigenvalue weighted by molar-refractivity contribution is 0.355. The van der Waals surface area contributed by atoms with Gasteiger partial charge in [0.2, 0.25) is 0 Å². The molecule has 0 aliphatic carbocycles. The molecule has 0 bridgehead atoms. The zero-order valence-electron chi connectivity index (χ0n) is 17.9. The molecule has 0 saturated carbocycles. The zero-order chi connectivity index (χ0) is 21.3. The normalized spacial score (nSPS) is 16.4. The zero-order valence-corrected chi connectivity index (χ0v) is 17.9. The predicted molar refractivity (Wildman–Crippen MR) is 119 cm³/mol. The van der Waals surface area contributed by atoms with Crippen molar-refractivity contribution in [1.82, 2.24) is 14.7 Å². The Hall–Kier alpha value is -3.06. The van der Waals surface area contributed by atoms with Crippen LogP contribution in [-0.4, -0.2) is 48.8 Å². The number of hydrogen-bond donors (Lipinski definition) is 1. The van der Waals surface area contributed by atoms with Crippen LogP contribution in [0.2, 0.25) is 0 Å². The molecule has 1 aliphatic rings. The van der Waals surface area contributed by atoms with Crippen LogP contribution in [0, 0.1) is 0 Å². The van der Waals surface area contributed by atoms with Crippen LogP contribution in [0.5, 0.6) is 11.5 Å². The van der Waals surface area contributed by atoms with E-state index < -0.39 is 0 Å². The largest absolute Gasteiger partial charge is 0.493 e. The molecular formula is C23H28N4O3. The maximum absolute atomic E-state index is 12.9. The molecule has 1 N–H and O–H groups in total. The Labute approximate surface area is 176 Å². The Balaban J connectivity index is 1.65. The molecule has 2 aromatic heterocycles. The average molecular weight is 409 g/mol. The molecule has 0 spiro atoms. The molecule has 3 heterocycles. The molecule has 7 nitrogen and oxygen atoms in total. The third kappa shape index (κ3) is 3.98. The van der Waals surface area contributed by atoms with Gasteiger partial charge in [0, 0.05) is 43.0 Å². The van der Waals surface area contributed by atoms with Gasteiger partial charge in [-0.05, 0) is 36.8 Å². The molecule has 1 fully saturated rings. The van der Waals surface area contributed by atoms with Crippen LogP contribution in [0.25, 0.3) is 16.9 Å². The molecule has 0 unspecified atom stereocenters. The summed E-state index contributed by atoms with van der Waals surface area (Å²) in [5.74, 6) is 1.24. The van der Waals surface area contributed by atoms with Gasteiger partial charge in [-0.1, -0.05) is 13.8 Å². The minimum atomic E-state index is -0.109. The Morgan fingerprint density at radius 2 is 1.90 bits per heavy atom. The Morgan fingerprint density at radius 1 is 1.10 bits per heavy atom. The van der Waals surface area contributed by atoms with Gasteiger partial charge in [0.25, 0.3) is 5.56 Å². The average Bonchev–Trinajstić information content (AvgIpc) is 3.20.